The second-order valence-electron chi connectivity index (χ2n) is 5.59. The normalized spacial score (nSPS) is 27.5. The van der Waals surface area contributed by atoms with Gasteiger partial charge in [0.1, 0.15) is 10.6 Å². The zero-order valence-corrected chi connectivity index (χ0v) is 13.9. The van der Waals surface area contributed by atoms with Crippen LogP contribution >= 0.6 is 23.4 Å². The van der Waals surface area contributed by atoms with Crippen LogP contribution in [-0.2, 0) is 9.59 Å². The summed E-state index contributed by atoms with van der Waals surface area (Å²) in [4.78, 5) is 26.1. The van der Waals surface area contributed by atoms with Gasteiger partial charge in [-0.3, -0.25) is 14.5 Å². The number of alkyl halides is 4. The van der Waals surface area contributed by atoms with E-state index in [0.29, 0.717) is 0 Å². The zero-order chi connectivity index (χ0) is 17.7. The summed E-state index contributed by atoms with van der Waals surface area (Å²) < 4.78 is 40.8. The molecule has 1 aromatic rings. The third kappa shape index (κ3) is 3.14. The Morgan fingerprint density at radius 1 is 1.38 bits per heavy atom. The fraction of sp³-hybridized carbons (Fsp3) is 0.429. The van der Waals surface area contributed by atoms with Crippen molar-refractivity contribution in [1.29, 1.82) is 0 Å². The SMILES string of the molecule is CC1(Cl)CN(C2SCN(c3cccc(OC(F)(F)F)c3)C2=O)C1=O. The largest absolute Gasteiger partial charge is 0.573 e. The minimum atomic E-state index is -4.81. The molecular weight excluding hydrogens is 369 g/mol. The highest BCUT2D eigenvalue weighted by Crippen LogP contribution is 2.39. The smallest absolute Gasteiger partial charge is 0.406 e. The molecule has 0 radical (unpaired) electrons. The molecule has 130 valence electrons. The number of carbonyl (C=O) groups excluding carboxylic acids is 2. The monoisotopic (exact) mass is 380 g/mol. The van der Waals surface area contributed by atoms with Gasteiger partial charge < -0.3 is 9.64 Å². The molecule has 2 fully saturated rings. The number of β-lactam (4-membered cyclic amide) rings is 1. The van der Waals surface area contributed by atoms with Crippen LogP contribution in [0.2, 0.25) is 0 Å². The number of hydrogen-bond acceptors (Lipinski definition) is 4. The van der Waals surface area contributed by atoms with Crippen LogP contribution in [0.15, 0.2) is 24.3 Å². The van der Waals surface area contributed by atoms with E-state index in [1.54, 1.807) is 6.92 Å². The fourth-order valence-electron chi connectivity index (χ4n) is 2.54. The standard InChI is InChI=1S/C14H12ClF3N2O3S/c1-13(15)6-19(12(13)22)11-10(21)20(7-24-11)8-3-2-4-9(5-8)23-14(16,17)18/h2-5,11H,6-7H2,1H3. The first-order valence-electron chi connectivity index (χ1n) is 6.87. The topological polar surface area (TPSA) is 49.9 Å². The number of carbonyl (C=O) groups is 2. The number of halogens is 4. The average molecular weight is 381 g/mol. The van der Waals surface area contributed by atoms with Gasteiger partial charge in [-0.2, -0.15) is 0 Å². The van der Waals surface area contributed by atoms with Gasteiger partial charge in [-0.25, -0.2) is 0 Å². The van der Waals surface area contributed by atoms with E-state index in [9.17, 15) is 22.8 Å². The van der Waals surface area contributed by atoms with Crippen LogP contribution in [0.4, 0.5) is 18.9 Å². The highest BCUT2D eigenvalue weighted by molar-refractivity contribution is 8.01. The first-order chi connectivity index (χ1) is 11.1. The molecule has 5 nitrogen and oxygen atoms in total. The first kappa shape index (κ1) is 17.2. The molecule has 2 amide bonds. The molecule has 2 heterocycles. The van der Waals surface area contributed by atoms with Crippen LogP contribution in [0.3, 0.4) is 0 Å². The number of rotatable bonds is 3. The van der Waals surface area contributed by atoms with E-state index in [0.717, 1.165) is 12.1 Å². The molecule has 1 aromatic carbocycles. The van der Waals surface area contributed by atoms with Gasteiger partial charge >= 0.3 is 6.36 Å². The van der Waals surface area contributed by atoms with E-state index in [1.807, 2.05) is 0 Å². The van der Waals surface area contributed by atoms with Gasteiger partial charge in [0, 0.05) is 11.8 Å². The molecule has 0 spiro atoms. The summed E-state index contributed by atoms with van der Waals surface area (Å²) in [6, 6.07) is 5.16. The highest BCUT2D eigenvalue weighted by Gasteiger charge is 2.53. The lowest BCUT2D eigenvalue weighted by atomic mass is 10.0. The third-order valence-corrected chi connectivity index (χ3v) is 5.12. The molecule has 0 aliphatic carbocycles. The number of ether oxygens (including phenoxy) is 1. The van der Waals surface area contributed by atoms with Gasteiger partial charge in [-0.05, 0) is 19.1 Å². The minimum absolute atomic E-state index is 0.224. The molecule has 0 N–H and O–H groups in total. The number of amides is 2. The Hall–Kier alpha value is -1.61. The average Bonchev–Trinajstić information content (AvgIpc) is 2.84. The molecule has 3 rings (SSSR count). The number of thioether (sulfide) groups is 1. The lowest BCUT2D eigenvalue weighted by Crippen LogP contribution is -2.65. The number of anilines is 1. The summed E-state index contributed by atoms with van der Waals surface area (Å²) in [6.07, 6.45) is -4.81. The Labute approximate surface area is 144 Å². The highest BCUT2D eigenvalue weighted by atomic mass is 35.5. The van der Waals surface area contributed by atoms with E-state index in [-0.39, 0.29) is 29.9 Å². The van der Waals surface area contributed by atoms with E-state index in [2.05, 4.69) is 4.74 Å². The van der Waals surface area contributed by atoms with Crippen molar-refractivity contribution in [2.45, 2.75) is 23.5 Å². The minimum Gasteiger partial charge on any atom is -0.406 e. The van der Waals surface area contributed by atoms with Crippen molar-refractivity contribution in [2.75, 3.05) is 17.3 Å². The van der Waals surface area contributed by atoms with Crippen molar-refractivity contribution < 1.29 is 27.5 Å². The van der Waals surface area contributed by atoms with Crippen molar-refractivity contribution >= 4 is 40.9 Å². The predicted octanol–water partition coefficient (Wildman–Crippen LogP) is 2.79. The molecular formula is C14H12ClF3N2O3S. The van der Waals surface area contributed by atoms with Crippen molar-refractivity contribution in [3.63, 3.8) is 0 Å². The van der Waals surface area contributed by atoms with Crippen LogP contribution < -0.4 is 9.64 Å². The van der Waals surface area contributed by atoms with Gasteiger partial charge in [-0.1, -0.05) is 6.07 Å². The quantitative estimate of drug-likeness (QED) is 0.597. The molecule has 2 atom stereocenters. The molecule has 2 aliphatic heterocycles. The first-order valence-corrected chi connectivity index (χ1v) is 8.30. The maximum absolute atomic E-state index is 12.5. The summed E-state index contributed by atoms with van der Waals surface area (Å²) >= 11 is 7.18. The summed E-state index contributed by atoms with van der Waals surface area (Å²) in [6.45, 7) is 1.83. The maximum atomic E-state index is 12.5. The van der Waals surface area contributed by atoms with Crippen molar-refractivity contribution in [3.05, 3.63) is 24.3 Å². The summed E-state index contributed by atoms with van der Waals surface area (Å²) in [5.74, 6) is -0.882. The molecule has 0 aromatic heterocycles. The molecule has 2 aliphatic rings. The zero-order valence-electron chi connectivity index (χ0n) is 12.3. The van der Waals surface area contributed by atoms with Crippen molar-refractivity contribution in [1.82, 2.24) is 4.90 Å². The number of nitrogens with zero attached hydrogens (tertiary/aromatic N) is 2. The van der Waals surface area contributed by atoms with Crippen LogP contribution in [0.25, 0.3) is 0 Å². The van der Waals surface area contributed by atoms with Crippen molar-refractivity contribution in [2.24, 2.45) is 0 Å². The van der Waals surface area contributed by atoms with Crippen LogP contribution in [-0.4, -0.2) is 45.7 Å². The molecule has 2 saturated heterocycles. The lowest BCUT2D eigenvalue weighted by molar-refractivity contribution is -0.274. The van der Waals surface area contributed by atoms with Gasteiger partial charge in [0.15, 0.2) is 5.37 Å². The summed E-state index contributed by atoms with van der Waals surface area (Å²) in [7, 11) is 0. The van der Waals surface area contributed by atoms with Crippen LogP contribution in [0.5, 0.6) is 5.75 Å². The number of hydrogen-bond donors (Lipinski definition) is 0. The second-order valence-corrected chi connectivity index (χ2v) is 7.46. The Balaban J connectivity index is 1.74. The summed E-state index contributed by atoms with van der Waals surface area (Å²) in [5.41, 5.74) is 0.276. The van der Waals surface area contributed by atoms with E-state index in [1.165, 1.54) is 33.7 Å². The lowest BCUT2D eigenvalue weighted by Gasteiger charge is -2.44. The molecule has 24 heavy (non-hydrogen) atoms. The van der Waals surface area contributed by atoms with Crippen molar-refractivity contribution in [3.8, 4) is 5.75 Å². The van der Waals surface area contributed by atoms with Crippen LogP contribution in [0, 0.1) is 0 Å². The van der Waals surface area contributed by atoms with Gasteiger partial charge in [0.2, 0.25) is 5.91 Å². The maximum Gasteiger partial charge on any atom is 0.573 e. The van der Waals surface area contributed by atoms with Gasteiger partial charge in [-0.15, -0.1) is 36.5 Å². The second kappa shape index (κ2) is 5.73. The predicted molar refractivity (Wildman–Crippen MR) is 82.8 cm³/mol. The fourth-order valence-corrected chi connectivity index (χ4v) is 3.97. The number of likely N-dealkylation sites (tertiary alicyclic amines) is 1. The third-order valence-electron chi connectivity index (χ3n) is 3.66. The van der Waals surface area contributed by atoms with E-state index < -0.39 is 22.4 Å². The molecule has 0 saturated carbocycles. The Morgan fingerprint density at radius 3 is 2.67 bits per heavy atom. The number of benzene rings is 1. The Morgan fingerprint density at radius 2 is 2.08 bits per heavy atom. The summed E-state index contributed by atoms with van der Waals surface area (Å²) in [5, 5.41) is -0.712. The molecule has 0 bridgehead atoms. The Kier molecular flexibility index (Phi) is 4.11. The van der Waals surface area contributed by atoms with E-state index >= 15 is 0 Å². The molecule has 2 unspecified atom stereocenters. The van der Waals surface area contributed by atoms with Gasteiger partial charge in [0.05, 0.1) is 12.4 Å². The molecule has 10 heteroatoms. The Bertz CT molecular complexity index is 698. The van der Waals surface area contributed by atoms with E-state index in [4.69, 9.17) is 11.6 Å². The van der Waals surface area contributed by atoms with Crippen LogP contribution in [0.1, 0.15) is 6.92 Å². The van der Waals surface area contributed by atoms with Gasteiger partial charge in [0.25, 0.3) is 5.91 Å².